The molecule has 1 aliphatic rings. The highest BCUT2D eigenvalue weighted by atomic mass is 16.5. The minimum absolute atomic E-state index is 0.0945. The van der Waals surface area contributed by atoms with Crippen LogP contribution in [0.5, 0.6) is 5.75 Å². The summed E-state index contributed by atoms with van der Waals surface area (Å²) in [6.45, 7) is 4.24. The molecule has 116 valence electrons. The fraction of sp³-hybridized carbons (Fsp3) is 0.533. The van der Waals surface area contributed by atoms with Crippen LogP contribution >= 0.6 is 0 Å². The number of hydrogen-bond acceptors (Lipinski definition) is 5. The predicted octanol–water partition coefficient (Wildman–Crippen LogP) is 1.32. The van der Waals surface area contributed by atoms with Gasteiger partial charge >= 0.3 is 0 Å². The lowest BCUT2D eigenvalue weighted by atomic mass is 9.89. The Kier molecular flexibility index (Phi) is 5.83. The number of oxime groups is 1. The first kappa shape index (κ1) is 15.6. The highest BCUT2D eigenvalue weighted by Crippen LogP contribution is 2.22. The van der Waals surface area contributed by atoms with E-state index >= 15 is 0 Å². The molecule has 0 bridgehead atoms. The van der Waals surface area contributed by atoms with E-state index in [4.69, 9.17) is 20.4 Å². The van der Waals surface area contributed by atoms with Gasteiger partial charge in [0.25, 0.3) is 0 Å². The van der Waals surface area contributed by atoms with Gasteiger partial charge in [-0.15, -0.1) is 0 Å². The van der Waals surface area contributed by atoms with Crippen LogP contribution in [0, 0.1) is 0 Å². The maximum atomic E-state index is 8.58. The van der Waals surface area contributed by atoms with Crippen molar-refractivity contribution in [2.45, 2.75) is 31.9 Å². The van der Waals surface area contributed by atoms with Crippen LogP contribution in [0.1, 0.15) is 25.3 Å². The molecule has 1 aromatic carbocycles. The minimum Gasteiger partial charge on any atom is -0.492 e. The molecule has 0 aromatic heterocycles. The summed E-state index contributed by atoms with van der Waals surface area (Å²) >= 11 is 0. The van der Waals surface area contributed by atoms with Crippen LogP contribution in [0.2, 0.25) is 0 Å². The molecule has 4 N–H and O–H groups in total. The number of rotatable bonds is 8. The summed E-state index contributed by atoms with van der Waals surface area (Å²) in [7, 11) is 0. The first-order valence-corrected chi connectivity index (χ1v) is 7.28. The largest absolute Gasteiger partial charge is 0.492 e. The molecule has 0 heterocycles. The van der Waals surface area contributed by atoms with E-state index in [1.807, 2.05) is 19.1 Å². The van der Waals surface area contributed by atoms with Crippen molar-refractivity contribution in [2.75, 3.05) is 19.8 Å². The predicted molar refractivity (Wildman–Crippen MR) is 80.9 cm³/mol. The highest BCUT2D eigenvalue weighted by molar-refractivity contribution is 5.97. The Morgan fingerprint density at radius 1 is 1.38 bits per heavy atom. The smallest absolute Gasteiger partial charge is 0.170 e. The molecule has 1 aliphatic carbocycles. The number of benzene rings is 1. The van der Waals surface area contributed by atoms with Gasteiger partial charge in [-0.3, -0.25) is 0 Å². The van der Waals surface area contributed by atoms with E-state index in [0.717, 1.165) is 31.7 Å². The van der Waals surface area contributed by atoms with Crippen molar-refractivity contribution in [2.24, 2.45) is 10.9 Å². The number of nitrogens with two attached hydrogens (primary N) is 1. The van der Waals surface area contributed by atoms with Gasteiger partial charge in [-0.25, -0.2) is 0 Å². The lowest BCUT2D eigenvalue weighted by Crippen LogP contribution is -2.46. The normalized spacial score (nSPS) is 21.9. The van der Waals surface area contributed by atoms with E-state index in [9.17, 15) is 0 Å². The second-order valence-electron chi connectivity index (χ2n) is 5.06. The summed E-state index contributed by atoms with van der Waals surface area (Å²) in [5.74, 6) is 0.865. The lowest BCUT2D eigenvalue weighted by molar-refractivity contribution is -0.0103. The summed E-state index contributed by atoms with van der Waals surface area (Å²) in [4.78, 5) is 0. The quantitative estimate of drug-likeness (QED) is 0.221. The van der Waals surface area contributed by atoms with Crippen molar-refractivity contribution in [3.05, 3.63) is 29.8 Å². The van der Waals surface area contributed by atoms with Crippen LogP contribution in [-0.4, -0.2) is 42.9 Å². The Balaban J connectivity index is 1.61. The van der Waals surface area contributed by atoms with Crippen molar-refractivity contribution in [1.82, 2.24) is 5.32 Å². The number of amidine groups is 1. The summed E-state index contributed by atoms with van der Waals surface area (Å²) in [5, 5.41) is 15.0. The van der Waals surface area contributed by atoms with Crippen LogP contribution < -0.4 is 15.8 Å². The van der Waals surface area contributed by atoms with Crippen molar-refractivity contribution < 1.29 is 14.7 Å². The molecule has 1 aromatic rings. The van der Waals surface area contributed by atoms with Gasteiger partial charge in [0.1, 0.15) is 12.4 Å². The van der Waals surface area contributed by atoms with Crippen molar-refractivity contribution in [3.8, 4) is 5.75 Å². The molecule has 0 spiro atoms. The fourth-order valence-electron chi connectivity index (χ4n) is 2.32. The fourth-order valence-corrected chi connectivity index (χ4v) is 2.32. The summed E-state index contributed by atoms with van der Waals surface area (Å²) in [6, 6.07) is 7.68. The van der Waals surface area contributed by atoms with E-state index < -0.39 is 0 Å². The molecule has 6 nitrogen and oxygen atoms in total. The first-order chi connectivity index (χ1) is 10.2. The van der Waals surface area contributed by atoms with Gasteiger partial charge in [0.2, 0.25) is 0 Å². The van der Waals surface area contributed by atoms with E-state index in [-0.39, 0.29) is 5.84 Å². The Hall–Kier alpha value is -1.79. The Labute approximate surface area is 124 Å². The van der Waals surface area contributed by atoms with Gasteiger partial charge < -0.3 is 25.7 Å². The number of nitrogens with zero attached hydrogens (tertiary/aromatic N) is 1. The molecule has 0 atom stereocenters. The topological polar surface area (TPSA) is 89.1 Å². The van der Waals surface area contributed by atoms with Crippen LogP contribution in [0.25, 0.3) is 0 Å². The Morgan fingerprint density at radius 3 is 2.71 bits per heavy atom. The van der Waals surface area contributed by atoms with Gasteiger partial charge in [0.05, 0.1) is 6.10 Å². The number of hydrogen-bond donors (Lipinski definition) is 3. The van der Waals surface area contributed by atoms with Gasteiger partial charge in [0.15, 0.2) is 5.84 Å². The average Bonchev–Trinajstić information content (AvgIpc) is 2.48. The van der Waals surface area contributed by atoms with Crippen molar-refractivity contribution in [1.29, 1.82) is 0 Å². The molecule has 0 amide bonds. The molecular weight excluding hydrogens is 270 g/mol. The van der Waals surface area contributed by atoms with Crippen molar-refractivity contribution >= 4 is 5.84 Å². The lowest BCUT2D eigenvalue weighted by Gasteiger charge is -2.35. The van der Waals surface area contributed by atoms with E-state index in [1.54, 1.807) is 12.1 Å². The van der Waals surface area contributed by atoms with E-state index in [2.05, 4.69) is 10.5 Å². The average molecular weight is 293 g/mol. The molecule has 0 radical (unpaired) electrons. The van der Waals surface area contributed by atoms with Crippen LogP contribution in [0.4, 0.5) is 0 Å². The molecule has 0 aliphatic heterocycles. The van der Waals surface area contributed by atoms with Gasteiger partial charge in [0, 0.05) is 24.8 Å². The molecular formula is C15H23N3O3. The summed E-state index contributed by atoms with van der Waals surface area (Å²) in [6.07, 6.45) is 2.60. The summed E-state index contributed by atoms with van der Waals surface area (Å²) < 4.78 is 11.1. The Morgan fingerprint density at radius 2 is 2.10 bits per heavy atom. The molecule has 1 saturated carbocycles. The number of ether oxygens (including phenoxy) is 2. The Bertz CT molecular complexity index is 456. The zero-order chi connectivity index (χ0) is 15.1. The second kappa shape index (κ2) is 7.85. The first-order valence-electron chi connectivity index (χ1n) is 7.28. The minimum atomic E-state index is 0.0945. The van der Waals surface area contributed by atoms with E-state index in [1.165, 1.54) is 0 Å². The molecule has 1 fully saturated rings. The van der Waals surface area contributed by atoms with E-state index in [0.29, 0.717) is 24.3 Å². The van der Waals surface area contributed by atoms with Crippen LogP contribution in [0.15, 0.2) is 29.4 Å². The summed E-state index contributed by atoms with van der Waals surface area (Å²) in [5.41, 5.74) is 6.16. The SMILES string of the molecule is CCOC1CC(NCCOc2ccc(/C(N)=N/O)cc2)C1. The third-order valence-electron chi connectivity index (χ3n) is 3.56. The standard InChI is InChI=1S/C15H23N3O3/c1-2-20-14-9-12(10-14)17-7-8-21-13-5-3-11(4-6-13)15(16)18-19/h3-6,12,14,17,19H,2,7-10H2,1H3,(H2,16,18). The molecule has 6 heteroatoms. The zero-order valence-corrected chi connectivity index (χ0v) is 12.3. The van der Waals surface area contributed by atoms with Gasteiger partial charge in [-0.05, 0) is 44.0 Å². The zero-order valence-electron chi connectivity index (χ0n) is 12.3. The maximum absolute atomic E-state index is 8.58. The second-order valence-corrected chi connectivity index (χ2v) is 5.06. The molecule has 0 saturated heterocycles. The van der Waals surface area contributed by atoms with Crippen LogP contribution in [0.3, 0.4) is 0 Å². The highest BCUT2D eigenvalue weighted by Gasteiger charge is 2.28. The third kappa shape index (κ3) is 4.61. The van der Waals surface area contributed by atoms with Gasteiger partial charge in [-0.2, -0.15) is 0 Å². The number of nitrogens with one attached hydrogen (secondary N) is 1. The third-order valence-corrected chi connectivity index (χ3v) is 3.56. The van der Waals surface area contributed by atoms with Crippen molar-refractivity contribution in [3.63, 3.8) is 0 Å². The maximum Gasteiger partial charge on any atom is 0.170 e. The molecule has 0 unspecified atom stereocenters. The van der Waals surface area contributed by atoms with Crippen LogP contribution in [-0.2, 0) is 4.74 Å². The molecule has 2 rings (SSSR count). The monoisotopic (exact) mass is 293 g/mol. The van der Waals surface area contributed by atoms with Gasteiger partial charge in [-0.1, -0.05) is 5.16 Å². The molecule has 21 heavy (non-hydrogen) atoms.